The topological polar surface area (TPSA) is 125 Å². The van der Waals surface area contributed by atoms with Crippen LogP contribution in [-0.4, -0.2) is 60.0 Å². The van der Waals surface area contributed by atoms with E-state index in [0.717, 1.165) is 44.5 Å². The molecule has 0 unspecified atom stereocenters. The highest BCUT2D eigenvalue weighted by Crippen LogP contribution is 2.26. The van der Waals surface area contributed by atoms with E-state index in [4.69, 9.17) is 10.8 Å². The maximum Gasteiger partial charge on any atom is 0.322 e. The molecule has 5 N–H and O–H groups in total. The van der Waals surface area contributed by atoms with Gasteiger partial charge in [-0.05, 0) is 56.0 Å². The van der Waals surface area contributed by atoms with Gasteiger partial charge in [-0.2, -0.15) is 0 Å². The highest BCUT2D eigenvalue weighted by molar-refractivity contribution is 6.02. The van der Waals surface area contributed by atoms with Crippen LogP contribution >= 0.6 is 0 Å². The number of hydrogen-bond acceptors (Lipinski definition) is 5. The number of nitrogens with zero attached hydrogens (tertiary/aromatic N) is 1. The van der Waals surface area contributed by atoms with Gasteiger partial charge in [-0.3, -0.25) is 14.4 Å². The lowest BCUT2D eigenvalue weighted by Crippen LogP contribution is -2.42. The number of hydrogen-bond donors (Lipinski definition) is 4. The van der Waals surface area contributed by atoms with Gasteiger partial charge in [-0.25, -0.2) is 0 Å². The number of benzene rings is 1. The van der Waals surface area contributed by atoms with Gasteiger partial charge >= 0.3 is 5.97 Å². The molecule has 2 aliphatic heterocycles. The fraction of sp³-hybridized carbons (Fsp3) is 0.526. The number of carbonyl (C=O) groups is 3. The summed E-state index contributed by atoms with van der Waals surface area (Å²) in [7, 11) is 0. The molecular weight excluding hydrogens is 348 g/mol. The monoisotopic (exact) mass is 374 g/mol. The minimum Gasteiger partial charge on any atom is -0.480 e. The fourth-order valence-electron chi connectivity index (χ4n) is 3.58. The summed E-state index contributed by atoms with van der Waals surface area (Å²) in [5, 5.41) is 14.6. The van der Waals surface area contributed by atoms with E-state index in [1.165, 1.54) is 0 Å². The van der Waals surface area contributed by atoms with Crippen LogP contribution in [0.4, 0.5) is 0 Å². The Hall–Kier alpha value is -2.45. The molecule has 1 atom stereocenters. The van der Waals surface area contributed by atoms with Crippen molar-refractivity contribution in [2.75, 3.05) is 26.2 Å². The average Bonchev–Trinajstić information content (AvgIpc) is 3.00. The van der Waals surface area contributed by atoms with Crippen LogP contribution < -0.4 is 16.4 Å². The molecule has 0 spiro atoms. The largest absolute Gasteiger partial charge is 0.480 e. The Balaban J connectivity index is 1.58. The van der Waals surface area contributed by atoms with E-state index < -0.39 is 17.9 Å². The van der Waals surface area contributed by atoms with Gasteiger partial charge in [0, 0.05) is 30.8 Å². The summed E-state index contributed by atoms with van der Waals surface area (Å²) >= 11 is 0. The number of piperidine rings is 1. The van der Waals surface area contributed by atoms with Crippen molar-refractivity contribution in [1.82, 2.24) is 15.5 Å². The quantitative estimate of drug-likeness (QED) is 0.539. The Morgan fingerprint density at radius 1 is 1.33 bits per heavy atom. The minimum atomic E-state index is -1.18. The van der Waals surface area contributed by atoms with Crippen molar-refractivity contribution >= 4 is 17.8 Å². The molecule has 2 aliphatic rings. The van der Waals surface area contributed by atoms with Gasteiger partial charge < -0.3 is 26.4 Å². The van der Waals surface area contributed by atoms with E-state index >= 15 is 0 Å². The van der Waals surface area contributed by atoms with Gasteiger partial charge in [0.05, 0.1) is 0 Å². The van der Waals surface area contributed by atoms with Crippen molar-refractivity contribution in [3.8, 4) is 0 Å². The fourth-order valence-corrected chi connectivity index (χ4v) is 3.58. The van der Waals surface area contributed by atoms with Crippen molar-refractivity contribution in [3.63, 3.8) is 0 Å². The molecule has 0 saturated carbocycles. The molecule has 1 fully saturated rings. The molecule has 1 aromatic carbocycles. The lowest BCUT2D eigenvalue weighted by Gasteiger charge is -2.25. The maximum atomic E-state index is 12.7. The first-order valence-corrected chi connectivity index (χ1v) is 9.35. The Labute approximate surface area is 158 Å². The summed E-state index contributed by atoms with van der Waals surface area (Å²) in [6.07, 6.45) is 3.30. The van der Waals surface area contributed by atoms with E-state index in [-0.39, 0.29) is 12.5 Å². The van der Waals surface area contributed by atoms with Crippen LogP contribution in [0, 0.1) is 5.92 Å². The molecule has 3 rings (SSSR count). The lowest BCUT2D eigenvalue weighted by atomic mass is 9.94. The summed E-state index contributed by atoms with van der Waals surface area (Å²) in [5.41, 5.74) is 7.19. The third-order valence-corrected chi connectivity index (χ3v) is 5.32. The van der Waals surface area contributed by atoms with Crippen LogP contribution in [0.25, 0.3) is 0 Å². The third-order valence-electron chi connectivity index (χ3n) is 5.32. The Kier molecular flexibility index (Phi) is 6.08. The Morgan fingerprint density at radius 2 is 2.07 bits per heavy atom. The molecule has 8 nitrogen and oxygen atoms in total. The van der Waals surface area contributed by atoms with Crippen LogP contribution in [0.5, 0.6) is 0 Å². The van der Waals surface area contributed by atoms with E-state index in [9.17, 15) is 14.4 Å². The number of nitrogens with one attached hydrogen (secondary N) is 2. The molecule has 1 aromatic rings. The normalized spacial score (nSPS) is 18.3. The first-order chi connectivity index (χ1) is 13.0. The van der Waals surface area contributed by atoms with Gasteiger partial charge in [-0.15, -0.1) is 0 Å². The van der Waals surface area contributed by atoms with Crippen LogP contribution in [0.15, 0.2) is 18.2 Å². The second kappa shape index (κ2) is 8.49. The predicted octanol–water partition coefficient (Wildman–Crippen LogP) is 0.174. The zero-order valence-electron chi connectivity index (χ0n) is 15.2. The second-order valence-corrected chi connectivity index (χ2v) is 7.24. The number of carboxylic acid groups (broad SMARTS) is 1. The molecule has 0 aliphatic carbocycles. The number of carbonyl (C=O) groups excluding carboxylic acids is 2. The number of carboxylic acids is 1. The highest BCUT2D eigenvalue weighted by atomic mass is 16.4. The van der Waals surface area contributed by atoms with Crippen molar-refractivity contribution in [1.29, 1.82) is 0 Å². The first kappa shape index (κ1) is 19.3. The number of aliphatic carboxylic acids is 1. The second-order valence-electron chi connectivity index (χ2n) is 7.24. The van der Waals surface area contributed by atoms with E-state index in [2.05, 4.69) is 10.6 Å². The number of fused-ring (bicyclic) bond motifs is 1. The van der Waals surface area contributed by atoms with Gasteiger partial charge in [0.2, 0.25) is 0 Å². The van der Waals surface area contributed by atoms with Crippen molar-refractivity contribution in [3.05, 3.63) is 34.9 Å². The number of rotatable bonds is 7. The molecule has 0 aromatic heterocycles. The lowest BCUT2D eigenvalue weighted by molar-refractivity contribution is -0.138. The van der Waals surface area contributed by atoms with Gasteiger partial charge in [-0.1, -0.05) is 6.07 Å². The summed E-state index contributed by atoms with van der Waals surface area (Å²) in [4.78, 5) is 37.5. The van der Waals surface area contributed by atoms with Gasteiger partial charge in [0.25, 0.3) is 11.8 Å². The van der Waals surface area contributed by atoms with Gasteiger partial charge in [0.15, 0.2) is 0 Å². The van der Waals surface area contributed by atoms with E-state index in [1.807, 2.05) is 4.90 Å². The van der Waals surface area contributed by atoms with Crippen LogP contribution in [0.1, 0.15) is 45.5 Å². The standard InChI is InChI=1S/C19H26N4O4/c20-16(19(26)27)10-22-17(24)13-1-2-14-11-23(18(25)15(14)9-13)8-5-12-3-6-21-7-4-12/h1-2,9,12,16,21H,3-8,10-11,20H2,(H,22,24)(H,26,27)/t16-/m0/s1. The van der Waals surface area contributed by atoms with E-state index in [0.29, 0.717) is 23.6 Å². The molecule has 2 heterocycles. The van der Waals surface area contributed by atoms with Crippen molar-refractivity contribution < 1.29 is 19.5 Å². The third kappa shape index (κ3) is 4.64. The van der Waals surface area contributed by atoms with E-state index in [1.54, 1.807) is 18.2 Å². The highest BCUT2D eigenvalue weighted by Gasteiger charge is 2.28. The number of amides is 2. The zero-order valence-corrected chi connectivity index (χ0v) is 15.2. The number of nitrogens with two attached hydrogens (primary N) is 1. The first-order valence-electron chi connectivity index (χ1n) is 9.35. The molecule has 8 heteroatoms. The molecule has 1 saturated heterocycles. The Bertz CT molecular complexity index is 730. The summed E-state index contributed by atoms with van der Waals surface area (Å²) in [6.45, 7) is 3.23. The molecular formula is C19H26N4O4. The average molecular weight is 374 g/mol. The predicted molar refractivity (Wildman–Crippen MR) is 99.3 cm³/mol. The molecule has 27 heavy (non-hydrogen) atoms. The molecule has 0 bridgehead atoms. The molecule has 0 radical (unpaired) electrons. The Morgan fingerprint density at radius 3 is 2.78 bits per heavy atom. The van der Waals surface area contributed by atoms with Crippen LogP contribution in [-0.2, 0) is 11.3 Å². The SMILES string of the molecule is N[C@@H](CNC(=O)c1ccc2c(c1)C(=O)N(CCC1CCNCC1)C2)C(=O)O. The maximum absolute atomic E-state index is 12.7. The van der Waals surface area contributed by atoms with Crippen LogP contribution in [0.2, 0.25) is 0 Å². The van der Waals surface area contributed by atoms with Gasteiger partial charge in [0.1, 0.15) is 6.04 Å². The van der Waals surface area contributed by atoms with Crippen molar-refractivity contribution in [2.24, 2.45) is 11.7 Å². The minimum absolute atomic E-state index is 0.0455. The summed E-state index contributed by atoms with van der Waals surface area (Å²) in [5.74, 6) is -1.00. The zero-order chi connectivity index (χ0) is 19.4. The van der Waals surface area contributed by atoms with Crippen molar-refractivity contribution in [2.45, 2.75) is 31.8 Å². The molecule has 2 amide bonds. The smallest absolute Gasteiger partial charge is 0.322 e. The van der Waals surface area contributed by atoms with Crippen LogP contribution in [0.3, 0.4) is 0 Å². The molecule has 146 valence electrons. The summed E-state index contributed by atoms with van der Waals surface area (Å²) < 4.78 is 0. The summed E-state index contributed by atoms with van der Waals surface area (Å²) in [6, 6.07) is 3.88.